The van der Waals surface area contributed by atoms with E-state index in [1.165, 1.54) is 0 Å². The van der Waals surface area contributed by atoms with Gasteiger partial charge in [-0.25, -0.2) is 0 Å². The fraction of sp³-hybridized carbons (Fsp3) is 0.154. The van der Waals surface area contributed by atoms with E-state index in [0.717, 1.165) is 5.69 Å². The van der Waals surface area contributed by atoms with Crippen LogP contribution in [0.25, 0.3) is 0 Å². The molecule has 1 unspecified atom stereocenters. The molecule has 2 aromatic rings. The Morgan fingerprint density at radius 2 is 1.84 bits per heavy atom. The third-order valence-electron chi connectivity index (χ3n) is 2.63. The molecule has 0 radical (unpaired) electrons. The highest BCUT2D eigenvalue weighted by atomic mass is 35.5. The van der Waals surface area contributed by atoms with Gasteiger partial charge < -0.3 is 5.73 Å². The van der Waals surface area contributed by atoms with Crippen molar-refractivity contribution < 1.29 is 0 Å². The van der Waals surface area contributed by atoms with Gasteiger partial charge in [-0.15, -0.1) is 0 Å². The highest BCUT2D eigenvalue weighted by Crippen LogP contribution is 2.36. The average Bonchev–Trinajstić information content (AvgIpc) is 2.35. The number of aryl methyl sites for hydroxylation is 1. The van der Waals surface area contributed by atoms with Crippen molar-refractivity contribution in [2.24, 2.45) is 0 Å². The Bertz CT molecular complexity index is 624. The number of hydrogen-bond donors (Lipinski definition) is 1. The maximum Gasteiger partial charge on any atom is 0.118 e. The van der Waals surface area contributed by atoms with Gasteiger partial charge in [0.05, 0.1) is 17.5 Å². The predicted octanol–water partition coefficient (Wildman–Crippen LogP) is 3.33. The number of hydrogen-bond acceptors (Lipinski definition) is 4. The molecule has 1 aromatic carbocycles. The Morgan fingerprint density at radius 1 is 1.21 bits per heavy atom. The average molecular weight is 293 g/mol. The van der Waals surface area contributed by atoms with Gasteiger partial charge in [0, 0.05) is 21.3 Å². The number of nitrogens with two attached hydrogens (primary N) is 1. The van der Waals surface area contributed by atoms with Crippen LogP contribution in [-0.2, 0) is 0 Å². The van der Waals surface area contributed by atoms with E-state index >= 15 is 0 Å². The van der Waals surface area contributed by atoms with Gasteiger partial charge in [-0.3, -0.25) is 0 Å². The van der Waals surface area contributed by atoms with Crippen LogP contribution in [0, 0.1) is 18.3 Å². The van der Waals surface area contributed by atoms with Gasteiger partial charge in [-0.05, 0) is 31.2 Å². The SMILES string of the molecule is Cc1ccc(C(C#N)c2c(Cl)cc(N)cc2Cl)nn1. The van der Waals surface area contributed by atoms with Crippen molar-refractivity contribution in [1.29, 1.82) is 5.26 Å². The van der Waals surface area contributed by atoms with Crippen LogP contribution in [0.3, 0.4) is 0 Å². The summed E-state index contributed by atoms with van der Waals surface area (Å²) in [6.07, 6.45) is 0. The number of nitrogens with zero attached hydrogens (tertiary/aromatic N) is 3. The second-order valence-corrected chi connectivity index (χ2v) is 4.87. The molecule has 0 bridgehead atoms. The van der Waals surface area contributed by atoms with E-state index in [9.17, 15) is 5.26 Å². The van der Waals surface area contributed by atoms with Crippen LogP contribution >= 0.6 is 23.2 Å². The quantitative estimate of drug-likeness (QED) is 0.862. The summed E-state index contributed by atoms with van der Waals surface area (Å²) in [6.45, 7) is 1.82. The van der Waals surface area contributed by atoms with E-state index < -0.39 is 5.92 Å². The number of halogens is 2. The normalized spacial score (nSPS) is 11.9. The van der Waals surface area contributed by atoms with Gasteiger partial charge in [-0.1, -0.05) is 23.2 Å². The molecule has 96 valence electrons. The zero-order valence-corrected chi connectivity index (χ0v) is 11.6. The van der Waals surface area contributed by atoms with Gasteiger partial charge in [0.1, 0.15) is 5.92 Å². The van der Waals surface area contributed by atoms with Gasteiger partial charge in [0.15, 0.2) is 0 Å². The fourth-order valence-corrected chi connectivity index (χ4v) is 2.44. The molecule has 4 nitrogen and oxygen atoms in total. The van der Waals surface area contributed by atoms with E-state index in [0.29, 0.717) is 27.0 Å². The van der Waals surface area contributed by atoms with Crippen molar-refractivity contribution in [3.8, 4) is 6.07 Å². The first-order valence-corrected chi connectivity index (χ1v) is 6.22. The van der Waals surface area contributed by atoms with Gasteiger partial charge in [0.2, 0.25) is 0 Å². The van der Waals surface area contributed by atoms with Crippen molar-refractivity contribution in [3.63, 3.8) is 0 Å². The molecule has 0 spiro atoms. The predicted molar refractivity (Wildman–Crippen MR) is 75.1 cm³/mol. The van der Waals surface area contributed by atoms with Crippen molar-refractivity contribution in [1.82, 2.24) is 10.2 Å². The first-order chi connectivity index (χ1) is 9.02. The molecule has 0 fully saturated rings. The van der Waals surface area contributed by atoms with Crippen LogP contribution in [0.15, 0.2) is 24.3 Å². The third-order valence-corrected chi connectivity index (χ3v) is 3.26. The zero-order valence-electron chi connectivity index (χ0n) is 10.1. The standard InChI is InChI=1S/C13H10Cl2N4/c1-7-2-3-12(19-18-7)9(6-16)13-10(14)4-8(17)5-11(13)15/h2-5,9H,17H2,1H3. The lowest BCUT2D eigenvalue weighted by Gasteiger charge is -2.13. The second kappa shape index (κ2) is 5.43. The lowest BCUT2D eigenvalue weighted by molar-refractivity contribution is 0.865. The summed E-state index contributed by atoms with van der Waals surface area (Å²) in [5.74, 6) is -0.673. The summed E-state index contributed by atoms with van der Waals surface area (Å²) in [4.78, 5) is 0. The fourth-order valence-electron chi connectivity index (χ4n) is 1.72. The molecular weight excluding hydrogens is 283 g/mol. The molecule has 0 amide bonds. The van der Waals surface area contributed by atoms with Gasteiger partial charge in [-0.2, -0.15) is 15.5 Å². The van der Waals surface area contributed by atoms with E-state index in [-0.39, 0.29) is 0 Å². The van der Waals surface area contributed by atoms with E-state index in [1.807, 2.05) is 6.92 Å². The molecule has 0 aliphatic heterocycles. The largest absolute Gasteiger partial charge is 0.399 e. The minimum absolute atomic E-state index is 0.346. The number of nitriles is 1. The summed E-state index contributed by atoms with van der Waals surface area (Å²) in [5.41, 5.74) is 7.87. The lowest BCUT2D eigenvalue weighted by atomic mass is 9.96. The second-order valence-electron chi connectivity index (χ2n) is 4.06. The molecule has 19 heavy (non-hydrogen) atoms. The lowest BCUT2D eigenvalue weighted by Crippen LogP contribution is -2.05. The molecule has 0 aliphatic rings. The molecule has 0 saturated carbocycles. The number of aromatic nitrogens is 2. The zero-order chi connectivity index (χ0) is 14.0. The van der Waals surface area contributed by atoms with Crippen LogP contribution in [-0.4, -0.2) is 10.2 Å². The third kappa shape index (κ3) is 2.78. The molecule has 0 aliphatic carbocycles. The summed E-state index contributed by atoms with van der Waals surface area (Å²) >= 11 is 12.3. The maximum absolute atomic E-state index is 9.35. The summed E-state index contributed by atoms with van der Waals surface area (Å²) in [7, 11) is 0. The van der Waals surface area contributed by atoms with Crippen molar-refractivity contribution >= 4 is 28.9 Å². The molecule has 1 aromatic heterocycles. The number of rotatable bonds is 2. The van der Waals surface area contributed by atoms with Crippen LogP contribution in [0.1, 0.15) is 22.9 Å². The first-order valence-electron chi connectivity index (χ1n) is 5.47. The molecule has 1 heterocycles. The van der Waals surface area contributed by atoms with Crippen LogP contribution < -0.4 is 5.73 Å². The smallest absolute Gasteiger partial charge is 0.118 e. The Labute approximate surface area is 120 Å². The molecular formula is C13H10Cl2N4. The first kappa shape index (κ1) is 13.6. The molecule has 6 heteroatoms. The van der Waals surface area contributed by atoms with E-state index in [2.05, 4.69) is 16.3 Å². The van der Waals surface area contributed by atoms with Crippen LogP contribution in [0.5, 0.6) is 0 Å². The van der Waals surface area contributed by atoms with E-state index in [1.54, 1.807) is 24.3 Å². The topological polar surface area (TPSA) is 75.6 Å². The van der Waals surface area contributed by atoms with Crippen LogP contribution in [0.4, 0.5) is 5.69 Å². The maximum atomic E-state index is 9.35. The minimum Gasteiger partial charge on any atom is -0.399 e. The van der Waals surface area contributed by atoms with Gasteiger partial charge in [0.25, 0.3) is 0 Å². The molecule has 0 saturated heterocycles. The van der Waals surface area contributed by atoms with Crippen molar-refractivity contribution in [3.05, 3.63) is 51.3 Å². The Morgan fingerprint density at radius 3 is 2.32 bits per heavy atom. The Hall–Kier alpha value is -1.83. The Balaban J connectivity index is 2.55. The molecule has 1 atom stereocenters. The Kier molecular flexibility index (Phi) is 3.89. The minimum atomic E-state index is -0.673. The van der Waals surface area contributed by atoms with E-state index in [4.69, 9.17) is 28.9 Å². The summed E-state index contributed by atoms with van der Waals surface area (Å²) in [5, 5.41) is 18.0. The molecule has 2 N–H and O–H groups in total. The highest BCUT2D eigenvalue weighted by Gasteiger charge is 2.22. The highest BCUT2D eigenvalue weighted by molar-refractivity contribution is 6.36. The number of nitrogen functional groups attached to an aromatic ring is 1. The van der Waals surface area contributed by atoms with Crippen molar-refractivity contribution in [2.45, 2.75) is 12.8 Å². The van der Waals surface area contributed by atoms with Gasteiger partial charge >= 0.3 is 0 Å². The van der Waals surface area contributed by atoms with Crippen molar-refractivity contribution in [2.75, 3.05) is 5.73 Å². The monoisotopic (exact) mass is 292 g/mol. The van der Waals surface area contributed by atoms with Crippen LogP contribution in [0.2, 0.25) is 10.0 Å². The number of anilines is 1. The number of benzene rings is 1. The summed E-state index contributed by atoms with van der Waals surface area (Å²) in [6, 6.07) is 8.79. The molecule has 2 rings (SSSR count). The summed E-state index contributed by atoms with van der Waals surface area (Å²) < 4.78 is 0.